The van der Waals surface area contributed by atoms with Gasteiger partial charge >= 0.3 is 0 Å². The van der Waals surface area contributed by atoms with Gasteiger partial charge in [0.15, 0.2) is 0 Å². The first-order valence-electron chi connectivity index (χ1n) is 9.46. The molecule has 3 rings (SSSR count). The third kappa shape index (κ3) is 5.37. The monoisotopic (exact) mass is 386 g/mol. The summed E-state index contributed by atoms with van der Waals surface area (Å²) in [7, 11) is 0. The zero-order valence-electron chi connectivity index (χ0n) is 15.7. The lowest BCUT2D eigenvalue weighted by Gasteiger charge is -2.24. The first-order chi connectivity index (χ1) is 13.7. The van der Waals surface area contributed by atoms with E-state index in [4.69, 9.17) is 14.6 Å². The maximum absolute atomic E-state index is 11.8. The van der Waals surface area contributed by atoms with Crippen molar-refractivity contribution in [3.05, 3.63) is 48.0 Å². The average molecular weight is 386 g/mol. The number of benzene rings is 2. The summed E-state index contributed by atoms with van der Waals surface area (Å²) >= 11 is 0. The second kappa shape index (κ2) is 9.96. The Labute approximate surface area is 164 Å². The van der Waals surface area contributed by atoms with E-state index >= 15 is 0 Å². The van der Waals surface area contributed by atoms with Crippen molar-refractivity contribution < 1.29 is 24.5 Å². The van der Waals surface area contributed by atoms with E-state index in [2.05, 4.69) is 10.6 Å². The molecule has 0 aromatic heterocycles. The number of hydrogen-bond acceptors (Lipinski definition) is 6. The Balaban J connectivity index is 1.61. The first-order valence-corrected chi connectivity index (χ1v) is 9.46. The van der Waals surface area contributed by atoms with E-state index < -0.39 is 6.10 Å². The highest BCUT2D eigenvalue weighted by molar-refractivity contribution is 5.96. The molecule has 0 aliphatic carbocycles. The predicted octanol–water partition coefficient (Wildman–Crippen LogP) is 2.18. The number of hydrogen-bond donors (Lipinski definition) is 4. The first kappa shape index (κ1) is 20.0. The Morgan fingerprint density at radius 2 is 1.86 bits per heavy atom. The number of anilines is 2. The van der Waals surface area contributed by atoms with Crippen molar-refractivity contribution in [3.8, 4) is 11.5 Å². The standard InChI is InChI=1S/C21H26N2O5/c24-11-4-12-27-19-9-8-18(17-7-10-20(26)23-21(17)19)28-14-16(25)13-22-15-5-2-1-3-6-15/h1-3,5-6,8-9,16,22,24-25H,4,7,10-14H2,(H,23,26). The molecular weight excluding hydrogens is 360 g/mol. The zero-order chi connectivity index (χ0) is 19.8. The number of carbonyl (C=O) groups excluding carboxylic acids is 1. The Morgan fingerprint density at radius 3 is 2.64 bits per heavy atom. The molecule has 2 aromatic rings. The number of aliphatic hydroxyl groups excluding tert-OH is 2. The number of aliphatic hydroxyl groups is 2. The molecule has 0 saturated heterocycles. The zero-order valence-corrected chi connectivity index (χ0v) is 15.7. The molecule has 28 heavy (non-hydrogen) atoms. The van der Waals surface area contributed by atoms with E-state index in [1.165, 1.54) is 0 Å². The number of amides is 1. The molecule has 0 spiro atoms. The van der Waals surface area contributed by atoms with Gasteiger partial charge in [0.2, 0.25) is 5.91 Å². The Kier molecular flexibility index (Phi) is 7.11. The molecule has 0 saturated carbocycles. The van der Waals surface area contributed by atoms with Crippen LogP contribution in [0.1, 0.15) is 18.4 Å². The minimum absolute atomic E-state index is 0.0463. The van der Waals surface area contributed by atoms with Gasteiger partial charge in [-0.15, -0.1) is 0 Å². The van der Waals surface area contributed by atoms with Gasteiger partial charge in [-0.2, -0.15) is 0 Å². The second-order valence-corrected chi connectivity index (χ2v) is 6.60. The van der Waals surface area contributed by atoms with Crippen LogP contribution in [0.3, 0.4) is 0 Å². The van der Waals surface area contributed by atoms with Crippen LogP contribution in [-0.4, -0.2) is 48.6 Å². The Bertz CT molecular complexity index is 782. The molecule has 7 nitrogen and oxygen atoms in total. The average Bonchev–Trinajstić information content (AvgIpc) is 2.72. The number of nitrogens with one attached hydrogen (secondary N) is 2. The predicted molar refractivity (Wildman–Crippen MR) is 107 cm³/mol. The number of fused-ring (bicyclic) bond motifs is 1. The summed E-state index contributed by atoms with van der Waals surface area (Å²) in [6, 6.07) is 13.2. The summed E-state index contributed by atoms with van der Waals surface area (Å²) in [5, 5.41) is 25.1. The molecule has 4 N–H and O–H groups in total. The van der Waals surface area contributed by atoms with Gasteiger partial charge in [0.25, 0.3) is 0 Å². The van der Waals surface area contributed by atoms with Crippen molar-refractivity contribution in [1.29, 1.82) is 0 Å². The maximum Gasteiger partial charge on any atom is 0.224 e. The van der Waals surface area contributed by atoms with Crippen LogP contribution in [0.25, 0.3) is 0 Å². The van der Waals surface area contributed by atoms with E-state index in [0.29, 0.717) is 49.6 Å². The summed E-state index contributed by atoms with van der Waals surface area (Å²) in [5.74, 6) is 1.13. The molecule has 1 aliphatic rings. The maximum atomic E-state index is 11.8. The number of ether oxygens (including phenoxy) is 2. The molecule has 0 bridgehead atoms. The van der Waals surface area contributed by atoms with Gasteiger partial charge in [0.05, 0.1) is 12.3 Å². The van der Waals surface area contributed by atoms with Crippen LogP contribution < -0.4 is 20.1 Å². The Hall–Kier alpha value is -2.77. The topological polar surface area (TPSA) is 100 Å². The van der Waals surface area contributed by atoms with E-state index in [1.807, 2.05) is 30.3 Å². The van der Waals surface area contributed by atoms with Crippen LogP contribution in [0.2, 0.25) is 0 Å². The van der Waals surface area contributed by atoms with Gasteiger partial charge < -0.3 is 30.3 Å². The summed E-state index contributed by atoms with van der Waals surface area (Å²) in [5.41, 5.74) is 2.42. The van der Waals surface area contributed by atoms with Gasteiger partial charge in [-0.3, -0.25) is 4.79 Å². The number of para-hydroxylation sites is 1. The quantitative estimate of drug-likeness (QED) is 0.467. The van der Waals surface area contributed by atoms with Gasteiger partial charge in [-0.25, -0.2) is 0 Å². The van der Waals surface area contributed by atoms with E-state index in [1.54, 1.807) is 12.1 Å². The van der Waals surface area contributed by atoms with Crippen molar-refractivity contribution in [1.82, 2.24) is 0 Å². The fraction of sp³-hybridized carbons (Fsp3) is 0.381. The second-order valence-electron chi connectivity index (χ2n) is 6.60. The van der Waals surface area contributed by atoms with Crippen molar-refractivity contribution in [2.75, 3.05) is 37.0 Å². The molecule has 7 heteroatoms. The van der Waals surface area contributed by atoms with Crippen molar-refractivity contribution in [2.45, 2.75) is 25.4 Å². The lowest BCUT2D eigenvalue weighted by atomic mass is 10.0. The lowest BCUT2D eigenvalue weighted by molar-refractivity contribution is -0.116. The Morgan fingerprint density at radius 1 is 1.07 bits per heavy atom. The molecule has 150 valence electrons. The summed E-state index contributed by atoms with van der Waals surface area (Å²) in [4.78, 5) is 11.8. The fourth-order valence-corrected chi connectivity index (χ4v) is 2.97. The molecule has 0 radical (unpaired) electrons. The molecule has 1 aliphatic heterocycles. The van der Waals surface area contributed by atoms with Crippen LogP contribution in [-0.2, 0) is 11.2 Å². The smallest absolute Gasteiger partial charge is 0.224 e. The van der Waals surface area contributed by atoms with Crippen LogP contribution in [0, 0.1) is 0 Å². The summed E-state index contributed by atoms with van der Waals surface area (Å²) in [6.07, 6.45) is 0.754. The minimum Gasteiger partial charge on any atom is -0.491 e. The SMILES string of the molecule is O=C1CCc2c(OCC(O)CNc3ccccc3)ccc(OCCCO)c2N1. The van der Waals surface area contributed by atoms with E-state index in [0.717, 1.165) is 11.3 Å². The highest BCUT2D eigenvalue weighted by Gasteiger charge is 2.23. The molecule has 0 fully saturated rings. The molecule has 2 aromatic carbocycles. The van der Waals surface area contributed by atoms with Crippen molar-refractivity contribution in [3.63, 3.8) is 0 Å². The van der Waals surface area contributed by atoms with Gasteiger partial charge in [0.1, 0.15) is 24.2 Å². The lowest BCUT2D eigenvalue weighted by Crippen LogP contribution is -2.27. The summed E-state index contributed by atoms with van der Waals surface area (Å²) < 4.78 is 11.5. The number of carbonyl (C=O) groups is 1. The van der Waals surface area contributed by atoms with Crippen LogP contribution >= 0.6 is 0 Å². The molecular formula is C21H26N2O5. The van der Waals surface area contributed by atoms with Crippen LogP contribution in [0.4, 0.5) is 11.4 Å². The molecule has 1 atom stereocenters. The van der Waals surface area contributed by atoms with Crippen molar-refractivity contribution >= 4 is 17.3 Å². The van der Waals surface area contributed by atoms with Crippen molar-refractivity contribution in [2.24, 2.45) is 0 Å². The molecule has 1 unspecified atom stereocenters. The normalized spacial score (nSPS) is 14.0. The van der Waals surface area contributed by atoms with Crippen LogP contribution in [0.15, 0.2) is 42.5 Å². The fourth-order valence-electron chi connectivity index (χ4n) is 2.97. The number of rotatable bonds is 10. The third-order valence-corrected chi connectivity index (χ3v) is 4.41. The highest BCUT2D eigenvalue weighted by Crippen LogP contribution is 2.39. The van der Waals surface area contributed by atoms with Gasteiger partial charge in [-0.1, -0.05) is 18.2 Å². The molecule has 1 heterocycles. The largest absolute Gasteiger partial charge is 0.491 e. The summed E-state index contributed by atoms with van der Waals surface area (Å²) in [6.45, 7) is 0.907. The van der Waals surface area contributed by atoms with Gasteiger partial charge in [-0.05, 0) is 30.7 Å². The minimum atomic E-state index is -0.686. The molecule has 1 amide bonds. The van der Waals surface area contributed by atoms with E-state index in [-0.39, 0.29) is 19.1 Å². The highest BCUT2D eigenvalue weighted by atomic mass is 16.5. The van der Waals surface area contributed by atoms with Gasteiger partial charge in [0, 0.05) is 37.2 Å². The van der Waals surface area contributed by atoms with Crippen LogP contribution in [0.5, 0.6) is 11.5 Å². The third-order valence-electron chi connectivity index (χ3n) is 4.41. The van der Waals surface area contributed by atoms with E-state index in [9.17, 15) is 9.90 Å².